The Hall–Kier alpha value is -3.42. The Balaban J connectivity index is 1.38. The van der Waals surface area contributed by atoms with E-state index in [2.05, 4.69) is 39.6 Å². The minimum absolute atomic E-state index is 0.176. The monoisotopic (exact) mass is 446 g/mol. The molecule has 4 N–H and O–H groups in total. The van der Waals surface area contributed by atoms with Gasteiger partial charge in [0.15, 0.2) is 0 Å². The maximum Gasteiger partial charge on any atom is 0.267 e. The van der Waals surface area contributed by atoms with Crippen LogP contribution in [0.25, 0.3) is 17.0 Å². The van der Waals surface area contributed by atoms with Crippen LogP contribution in [-0.2, 0) is 22.6 Å². The average molecular weight is 447 g/mol. The smallest absolute Gasteiger partial charge is 0.267 e. The van der Waals surface area contributed by atoms with Gasteiger partial charge in [0.1, 0.15) is 0 Å². The van der Waals surface area contributed by atoms with Crippen LogP contribution in [0, 0.1) is 5.92 Å². The van der Waals surface area contributed by atoms with Crippen molar-refractivity contribution >= 4 is 28.8 Å². The van der Waals surface area contributed by atoms with Crippen molar-refractivity contribution in [1.82, 2.24) is 20.7 Å². The van der Waals surface area contributed by atoms with Gasteiger partial charge in [0.05, 0.1) is 0 Å². The third-order valence-electron chi connectivity index (χ3n) is 5.97. The quantitative estimate of drug-likeness (QED) is 0.206. The van der Waals surface area contributed by atoms with Crippen molar-refractivity contribution < 1.29 is 14.8 Å². The number of rotatable bonds is 11. The van der Waals surface area contributed by atoms with Crippen molar-refractivity contribution in [3.63, 3.8) is 0 Å². The highest BCUT2D eigenvalue weighted by atomic mass is 16.5. The normalized spacial score (nSPS) is 13.6. The Morgan fingerprint density at radius 2 is 1.88 bits per heavy atom. The molecule has 2 amide bonds. The Bertz CT molecular complexity index is 1120. The number of nitrogens with one attached hydrogen (secondary N) is 3. The van der Waals surface area contributed by atoms with Gasteiger partial charge in [-0.15, -0.1) is 0 Å². The van der Waals surface area contributed by atoms with Crippen LogP contribution in [0.5, 0.6) is 0 Å². The van der Waals surface area contributed by atoms with E-state index in [9.17, 15) is 9.59 Å². The molecule has 33 heavy (non-hydrogen) atoms. The number of H-pyrrole nitrogens is 1. The Morgan fingerprint density at radius 3 is 2.64 bits per heavy atom. The number of fused-ring (bicyclic) bond motifs is 1. The zero-order valence-corrected chi connectivity index (χ0v) is 18.6. The molecule has 7 nitrogen and oxygen atoms in total. The molecule has 0 aliphatic heterocycles. The number of hydrogen-bond acceptors (Lipinski definition) is 4. The fraction of sp³-hybridized carbons (Fsp3) is 0.308. The number of hydroxylamine groups is 1. The molecule has 1 saturated carbocycles. The molecule has 7 heteroatoms. The average Bonchev–Trinajstić information content (AvgIpc) is 3.62. The third-order valence-corrected chi connectivity index (χ3v) is 5.97. The molecule has 4 rings (SSSR count). The Morgan fingerprint density at radius 1 is 1.09 bits per heavy atom. The van der Waals surface area contributed by atoms with E-state index in [0.717, 1.165) is 55.5 Å². The molecule has 0 saturated heterocycles. The van der Waals surface area contributed by atoms with Crippen LogP contribution >= 0.6 is 0 Å². The van der Waals surface area contributed by atoms with E-state index in [0.29, 0.717) is 6.54 Å². The number of carbonyl (C=O) groups is 2. The molecule has 0 spiro atoms. The zero-order chi connectivity index (χ0) is 23.0. The molecule has 0 bridgehead atoms. The van der Waals surface area contributed by atoms with Crippen LogP contribution in [-0.4, -0.2) is 46.5 Å². The number of aromatic nitrogens is 1. The summed E-state index contributed by atoms with van der Waals surface area (Å²) in [6.07, 6.45) is 7.95. The SMILES string of the molecule is O=C(/C=C/c1ccc(CN(CCNC(=O)C2CC2)CCc2c[nH]c3ccccc23)cc1)NO. The van der Waals surface area contributed by atoms with Gasteiger partial charge in [0, 0.05) is 55.3 Å². The second kappa shape index (κ2) is 10.9. The van der Waals surface area contributed by atoms with Gasteiger partial charge in [-0.05, 0) is 48.1 Å². The Kier molecular flexibility index (Phi) is 7.55. The highest BCUT2D eigenvalue weighted by Gasteiger charge is 2.29. The number of carbonyl (C=O) groups excluding carboxylic acids is 2. The fourth-order valence-electron chi connectivity index (χ4n) is 3.92. The lowest BCUT2D eigenvalue weighted by atomic mass is 10.1. The van der Waals surface area contributed by atoms with Crippen molar-refractivity contribution in [3.05, 3.63) is 77.5 Å². The number of aromatic amines is 1. The van der Waals surface area contributed by atoms with E-state index in [4.69, 9.17) is 5.21 Å². The number of nitrogens with zero attached hydrogens (tertiary/aromatic N) is 1. The summed E-state index contributed by atoms with van der Waals surface area (Å²) in [7, 11) is 0. The summed E-state index contributed by atoms with van der Waals surface area (Å²) in [6.45, 7) is 3.06. The molecule has 1 aliphatic rings. The van der Waals surface area contributed by atoms with Crippen LogP contribution < -0.4 is 10.8 Å². The fourth-order valence-corrected chi connectivity index (χ4v) is 3.92. The zero-order valence-electron chi connectivity index (χ0n) is 18.6. The second-order valence-electron chi connectivity index (χ2n) is 8.50. The first-order valence-corrected chi connectivity index (χ1v) is 11.4. The van der Waals surface area contributed by atoms with E-state index in [-0.39, 0.29) is 11.8 Å². The Labute approximate surface area is 193 Å². The van der Waals surface area contributed by atoms with Crippen molar-refractivity contribution in [2.45, 2.75) is 25.8 Å². The van der Waals surface area contributed by atoms with Gasteiger partial charge in [-0.2, -0.15) is 0 Å². The number of hydrogen-bond donors (Lipinski definition) is 4. The molecule has 0 unspecified atom stereocenters. The van der Waals surface area contributed by atoms with Gasteiger partial charge in [0.2, 0.25) is 5.91 Å². The van der Waals surface area contributed by atoms with E-state index >= 15 is 0 Å². The van der Waals surface area contributed by atoms with Crippen LogP contribution in [0.4, 0.5) is 0 Å². The number of para-hydroxylation sites is 1. The first-order valence-electron chi connectivity index (χ1n) is 11.4. The van der Waals surface area contributed by atoms with Crippen LogP contribution in [0.2, 0.25) is 0 Å². The molecular formula is C26H30N4O3. The summed E-state index contributed by atoms with van der Waals surface area (Å²) in [5.41, 5.74) is 6.06. The summed E-state index contributed by atoms with van der Waals surface area (Å²) in [6, 6.07) is 16.3. The summed E-state index contributed by atoms with van der Waals surface area (Å²) in [4.78, 5) is 28.9. The summed E-state index contributed by atoms with van der Waals surface area (Å²) in [5, 5.41) is 12.9. The maximum atomic E-state index is 12.0. The van der Waals surface area contributed by atoms with Gasteiger partial charge in [-0.1, -0.05) is 42.5 Å². The van der Waals surface area contributed by atoms with Crippen molar-refractivity contribution in [2.24, 2.45) is 5.92 Å². The summed E-state index contributed by atoms with van der Waals surface area (Å²) in [5.74, 6) is -0.163. The molecule has 3 aromatic rings. The van der Waals surface area contributed by atoms with Crippen LogP contribution in [0.1, 0.15) is 29.5 Å². The second-order valence-corrected chi connectivity index (χ2v) is 8.50. The van der Waals surface area contributed by atoms with Gasteiger partial charge >= 0.3 is 0 Å². The van der Waals surface area contributed by atoms with E-state index in [1.165, 1.54) is 17.0 Å². The van der Waals surface area contributed by atoms with E-state index in [1.54, 1.807) is 11.6 Å². The van der Waals surface area contributed by atoms with Gasteiger partial charge in [-0.3, -0.25) is 19.7 Å². The van der Waals surface area contributed by atoms with Gasteiger partial charge in [-0.25, -0.2) is 5.48 Å². The summed E-state index contributed by atoms with van der Waals surface area (Å²) >= 11 is 0. The molecule has 1 heterocycles. The predicted molar refractivity (Wildman–Crippen MR) is 128 cm³/mol. The predicted octanol–water partition coefficient (Wildman–Crippen LogP) is 3.26. The van der Waals surface area contributed by atoms with Crippen LogP contribution in [0.3, 0.4) is 0 Å². The topological polar surface area (TPSA) is 97.5 Å². The molecule has 1 fully saturated rings. The van der Waals surface area contributed by atoms with Crippen LogP contribution in [0.15, 0.2) is 60.8 Å². The first-order chi connectivity index (χ1) is 16.1. The first kappa shape index (κ1) is 22.8. The van der Waals surface area contributed by atoms with E-state index < -0.39 is 5.91 Å². The largest absolute Gasteiger partial charge is 0.361 e. The summed E-state index contributed by atoms with van der Waals surface area (Å²) < 4.78 is 0. The van der Waals surface area contributed by atoms with Crippen molar-refractivity contribution in [3.8, 4) is 0 Å². The molecule has 0 atom stereocenters. The molecule has 0 radical (unpaired) electrons. The van der Waals surface area contributed by atoms with Crippen molar-refractivity contribution in [2.75, 3.05) is 19.6 Å². The number of amides is 2. The van der Waals surface area contributed by atoms with E-state index in [1.807, 2.05) is 30.3 Å². The standard InChI is InChI=1S/C26H30N4O3/c31-25(29-33)12-9-19-5-7-20(8-6-19)18-30(16-14-27-26(32)21-10-11-21)15-13-22-17-28-24-4-2-1-3-23(22)24/h1-9,12,17,21,28,33H,10-11,13-16,18H2,(H,27,32)(H,29,31)/b12-9+. The van der Waals surface area contributed by atoms with Gasteiger partial charge in [0.25, 0.3) is 5.91 Å². The molecule has 1 aliphatic carbocycles. The minimum Gasteiger partial charge on any atom is -0.361 e. The highest BCUT2D eigenvalue weighted by molar-refractivity contribution is 5.90. The highest BCUT2D eigenvalue weighted by Crippen LogP contribution is 2.28. The minimum atomic E-state index is -0.559. The lowest BCUT2D eigenvalue weighted by Gasteiger charge is -2.23. The maximum absolute atomic E-state index is 12.0. The molecular weight excluding hydrogens is 416 g/mol. The van der Waals surface area contributed by atoms with Crippen molar-refractivity contribution in [1.29, 1.82) is 0 Å². The van der Waals surface area contributed by atoms with Gasteiger partial charge < -0.3 is 10.3 Å². The molecule has 172 valence electrons. The lowest BCUT2D eigenvalue weighted by molar-refractivity contribution is -0.124. The molecule has 1 aromatic heterocycles. The lowest BCUT2D eigenvalue weighted by Crippen LogP contribution is -2.36. The third kappa shape index (κ3) is 6.54. The number of benzene rings is 2. The molecule has 2 aromatic carbocycles.